The highest BCUT2D eigenvalue weighted by Crippen LogP contribution is 2.36. The summed E-state index contributed by atoms with van der Waals surface area (Å²) in [5.74, 6) is 0.889. The highest BCUT2D eigenvalue weighted by Gasteiger charge is 2.19. The molecule has 0 atom stereocenters. The van der Waals surface area contributed by atoms with Crippen LogP contribution in [0.25, 0.3) is 0 Å². The Morgan fingerprint density at radius 2 is 1.81 bits per heavy atom. The first-order valence-corrected chi connectivity index (χ1v) is 11.4. The van der Waals surface area contributed by atoms with Crippen molar-refractivity contribution in [3.8, 4) is 0 Å². The van der Waals surface area contributed by atoms with Crippen molar-refractivity contribution in [2.75, 3.05) is 0 Å². The van der Waals surface area contributed by atoms with E-state index in [1.165, 1.54) is 35.2 Å². The van der Waals surface area contributed by atoms with E-state index in [1.54, 1.807) is 23.5 Å². The molecule has 138 valence electrons. The zero-order valence-corrected chi connectivity index (χ0v) is 17.6. The van der Waals surface area contributed by atoms with Gasteiger partial charge < -0.3 is 0 Å². The number of aromatic nitrogens is 2. The molecule has 2 aromatic carbocycles. The maximum Gasteiger partial charge on any atom is 0.189 e. The maximum atomic E-state index is 6.16. The van der Waals surface area contributed by atoms with E-state index in [1.807, 2.05) is 18.2 Å². The Balaban J connectivity index is 1.59. The van der Waals surface area contributed by atoms with Crippen LogP contribution in [-0.4, -0.2) is 9.97 Å². The minimum absolute atomic E-state index is 0.761. The van der Waals surface area contributed by atoms with Crippen molar-refractivity contribution in [3.05, 3.63) is 75.9 Å². The summed E-state index contributed by atoms with van der Waals surface area (Å²) in [6, 6.07) is 16.7. The third-order valence-corrected chi connectivity index (χ3v) is 6.80. The third-order valence-electron chi connectivity index (χ3n) is 4.62. The molecule has 0 fully saturated rings. The van der Waals surface area contributed by atoms with Gasteiger partial charge in [0.05, 0.1) is 0 Å². The lowest BCUT2D eigenvalue weighted by Crippen LogP contribution is -2.09. The number of rotatable bonds is 5. The van der Waals surface area contributed by atoms with Gasteiger partial charge in [0.25, 0.3) is 0 Å². The Morgan fingerprint density at radius 3 is 2.63 bits per heavy atom. The summed E-state index contributed by atoms with van der Waals surface area (Å²) in [4.78, 5) is 10.9. The van der Waals surface area contributed by atoms with E-state index in [0.717, 1.165) is 38.7 Å². The molecular weight excluding hydrogens is 392 g/mol. The predicted octanol–water partition coefficient (Wildman–Crippen LogP) is 6.76. The van der Waals surface area contributed by atoms with E-state index in [9.17, 15) is 0 Å². The van der Waals surface area contributed by atoms with Gasteiger partial charge in [-0.15, -0.1) is 0 Å². The fourth-order valence-electron chi connectivity index (χ4n) is 3.16. The number of hydrogen-bond acceptors (Lipinski definition) is 4. The molecule has 0 spiro atoms. The van der Waals surface area contributed by atoms with Crippen molar-refractivity contribution in [2.45, 2.75) is 53.4 Å². The first-order valence-electron chi connectivity index (χ1n) is 9.19. The van der Waals surface area contributed by atoms with Gasteiger partial charge in [-0.1, -0.05) is 71.0 Å². The monoisotopic (exact) mass is 412 g/mol. The van der Waals surface area contributed by atoms with Gasteiger partial charge in [0.1, 0.15) is 5.03 Å². The van der Waals surface area contributed by atoms with E-state index in [-0.39, 0.29) is 0 Å². The van der Waals surface area contributed by atoms with Crippen molar-refractivity contribution in [2.24, 2.45) is 0 Å². The number of fused-ring (bicyclic) bond motifs is 1. The average Bonchev–Trinajstić information content (AvgIpc) is 2.68. The van der Waals surface area contributed by atoms with Crippen LogP contribution >= 0.6 is 35.1 Å². The van der Waals surface area contributed by atoms with Crippen LogP contribution in [-0.2, 0) is 18.6 Å². The lowest BCUT2D eigenvalue weighted by molar-refractivity contribution is 0.628. The van der Waals surface area contributed by atoms with Crippen LogP contribution < -0.4 is 0 Å². The third kappa shape index (κ3) is 4.87. The quantitative estimate of drug-likeness (QED) is 0.262. The normalized spacial score (nSPS) is 13.4. The van der Waals surface area contributed by atoms with Crippen LogP contribution in [0.3, 0.4) is 0 Å². The fraction of sp³-hybridized carbons (Fsp3) is 0.273. The molecule has 0 bridgehead atoms. The SMILES string of the molecule is Cc1ccc(CSc2nc3c(c(Sc4cccc(Cl)c4)n2)CCCC3)cc1. The Labute approximate surface area is 174 Å². The molecule has 0 saturated carbocycles. The van der Waals surface area contributed by atoms with Crippen molar-refractivity contribution in [1.82, 2.24) is 9.97 Å². The van der Waals surface area contributed by atoms with Gasteiger partial charge in [-0.3, -0.25) is 0 Å². The topological polar surface area (TPSA) is 25.8 Å². The first-order chi connectivity index (χ1) is 13.2. The molecule has 5 heteroatoms. The molecule has 0 aliphatic heterocycles. The second-order valence-electron chi connectivity index (χ2n) is 6.78. The Bertz CT molecular complexity index is 942. The molecule has 4 rings (SSSR count). The summed E-state index contributed by atoms with van der Waals surface area (Å²) in [6.07, 6.45) is 4.56. The van der Waals surface area contributed by atoms with Gasteiger partial charge in [-0.2, -0.15) is 0 Å². The summed E-state index contributed by atoms with van der Waals surface area (Å²) in [6.45, 7) is 2.11. The molecule has 0 radical (unpaired) electrons. The lowest BCUT2D eigenvalue weighted by Gasteiger charge is -2.18. The molecule has 1 aliphatic rings. The molecule has 0 N–H and O–H groups in total. The summed E-state index contributed by atoms with van der Waals surface area (Å²) in [5.41, 5.74) is 5.14. The Morgan fingerprint density at radius 1 is 1.00 bits per heavy atom. The minimum atomic E-state index is 0.761. The second-order valence-corrected chi connectivity index (χ2v) is 9.22. The van der Waals surface area contributed by atoms with E-state index in [4.69, 9.17) is 21.6 Å². The van der Waals surface area contributed by atoms with Gasteiger partial charge in [-0.05, 0) is 56.4 Å². The van der Waals surface area contributed by atoms with Gasteiger partial charge in [0.15, 0.2) is 5.16 Å². The van der Waals surface area contributed by atoms with E-state index in [2.05, 4.69) is 37.3 Å². The van der Waals surface area contributed by atoms with Gasteiger partial charge in [0, 0.05) is 26.9 Å². The predicted molar refractivity (Wildman–Crippen MR) is 115 cm³/mol. The van der Waals surface area contributed by atoms with Gasteiger partial charge >= 0.3 is 0 Å². The van der Waals surface area contributed by atoms with Crippen LogP contribution in [0.5, 0.6) is 0 Å². The van der Waals surface area contributed by atoms with Crippen LogP contribution in [0.2, 0.25) is 5.02 Å². The van der Waals surface area contributed by atoms with E-state index in [0.29, 0.717) is 0 Å². The lowest BCUT2D eigenvalue weighted by atomic mass is 9.98. The maximum absolute atomic E-state index is 6.16. The highest BCUT2D eigenvalue weighted by molar-refractivity contribution is 7.99. The van der Waals surface area contributed by atoms with Crippen molar-refractivity contribution in [1.29, 1.82) is 0 Å². The minimum Gasteiger partial charge on any atom is -0.227 e. The molecular formula is C22H21ClN2S2. The number of hydrogen-bond donors (Lipinski definition) is 0. The molecule has 1 aliphatic carbocycles. The van der Waals surface area contributed by atoms with Crippen LogP contribution in [0, 0.1) is 6.92 Å². The van der Waals surface area contributed by atoms with E-state index >= 15 is 0 Å². The number of thioether (sulfide) groups is 1. The van der Waals surface area contributed by atoms with Crippen LogP contribution in [0.4, 0.5) is 0 Å². The summed E-state index contributed by atoms with van der Waals surface area (Å²) < 4.78 is 0. The number of halogens is 1. The van der Waals surface area contributed by atoms with Crippen molar-refractivity contribution in [3.63, 3.8) is 0 Å². The smallest absolute Gasteiger partial charge is 0.189 e. The van der Waals surface area contributed by atoms with Crippen molar-refractivity contribution >= 4 is 35.1 Å². The van der Waals surface area contributed by atoms with Crippen molar-refractivity contribution < 1.29 is 0 Å². The van der Waals surface area contributed by atoms with Crippen LogP contribution in [0.1, 0.15) is 35.2 Å². The van der Waals surface area contributed by atoms with E-state index < -0.39 is 0 Å². The molecule has 1 aromatic heterocycles. The summed E-state index contributed by atoms with van der Waals surface area (Å²) >= 11 is 9.59. The summed E-state index contributed by atoms with van der Waals surface area (Å²) in [7, 11) is 0. The summed E-state index contributed by atoms with van der Waals surface area (Å²) in [5, 5.41) is 2.73. The molecule has 0 unspecified atom stereocenters. The standard InChI is InChI=1S/C22H21ClN2S2/c1-15-9-11-16(12-10-15)14-26-22-24-20-8-3-2-7-19(20)21(25-22)27-18-6-4-5-17(23)13-18/h4-6,9-13H,2-3,7-8,14H2,1H3. The zero-order chi connectivity index (χ0) is 18.6. The number of benzene rings is 2. The molecule has 0 amide bonds. The Kier molecular flexibility index (Phi) is 6.06. The fourth-order valence-corrected chi connectivity index (χ4v) is 5.32. The second kappa shape index (κ2) is 8.68. The number of aryl methyl sites for hydroxylation is 2. The van der Waals surface area contributed by atoms with Crippen LogP contribution in [0.15, 0.2) is 63.6 Å². The molecule has 2 nitrogen and oxygen atoms in total. The van der Waals surface area contributed by atoms with Gasteiger partial charge in [-0.25, -0.2) is 9.97 Å². The largest absolute Gasteiger partial charge is 0.227 e. The highest BCUT2D eigenvalue weighted by atomic mass is 35.5. The first kappa shape index (κ1) is 18.9. The van der Waals surface area contributed by atoms with Gasteiger partial charge in [0.2, 0.25) is 0 Å². The molecule has 27 heavy (non-hydrogen) atoms. The zero-order valence-electron chi connectivity index (χ0n) is 15.2. The molecule has 0 saturated heterocycles. The molecule has 3 aromatic rings. The average molecular weight is 413 g/mol. The molecule has 1 heterocycles. The Hall–Kier alpha value is -1.49. The number of nitrogens with zero attached hydrogens (tertiary/aromatic N) is 2.